The molecule has 0 aromatic heterocycles. The minimum atomic E-state index is -0.785. The molecule has 1 heterocycles. The fourth-order valence-corrected chi connectivity index (χ4v) is 3.60. The maximum absolute atomic E-state index is 13.3. The summed E-state index contributed by atoms with van der Waals surface area (Å²) >= 11 is 0. The monoisotopic (exact) mass is 457 g/mol. The summed E-state index contributed by atoms with van der Waals surface area (Å²) in [6.07, 6.45) is 4.41. The highest BCUT2D eigenvalue weighted by Crippen LogP contribution is 2.28. The second-order valence-electron chi connectivity index (χ2n) is 9.77. The predicted molar refractivity (Wildman–Crippen MR) is 125 cm³/mol. The van der Waals surface area contributed by atoms with Crippen molar-refractivity contribution in [2.45, 2.75) is 53.1 Å². The molecule has 8 heteroatoms. The van der Waals surface area contributed by atoms with Crippen LogP contribution in [0, 0.1) is 17.8 Å². The molecule has 0 saturated carbocycles. The van der Waals surface area contributed by atoms with Gasteiger partial charge in [0.25, 0.3) is 5.91 Å². The second-order valence-corrected chi connectivity index (χ2v) is 9.77. The van der Waals surface area contributed by atoms with Crippen LogP contribution in [0.1, 0.15) is 53.0 Å². The van der Waals surface area contributed by atoms with E-state index in [1.165, 1.54) is 11.9 Å². The Balaban J connectivity index is 2.30. The lowest BCUT2D eigenvalue weighted by Gasteiger charge is -2.30. The van der Waals surface area contributed by atoms with Crippen LogP contribution < -0.4 is 5.43 Å². The molecule has 1 fully saturated rings. The van der Waals surface area contributed by atoms with Crippen LogP contribution in [0.2, 0.25) is 0 Å². The average Bonchev–Trinajstić information content (AvgIpc) is 2.95. The van der Waals surface area contributed by atoms with Gasteiger partial charge in [0.2, 0.25) is 5.91 Å². The number of carbonyl (C=O) groups excluding carboxylic acids is 4. The van der Waals surface area contributed by atoms with Crippen LogP contribution in [0.5, 0.6) is 0 Å². The van der Waals surface area contributed by atoms with Gasteiger partial charge < -0.3 is 9.64 Å². The van der Waals surface area contributed by atoms with Gasteiger partial charge in [-0.05, 0) is 45.1 Å². The molecule has 0 bridgehead atoms. The number of ether oxygens (including phenoxy) is 1. The Morgan fingerprint density at radius 2 is 1.76 bits per heavy atom. The number of carbonyl (C=O) groups is 4. The van der Waals surface area contributed by atoms with Gasteiger partial charge >= 0.3 is 12.0 Å². The quantitative estimate of drug-likeness (QED) is 0.451. The van der Waals surface area contributed by atoms with Crippen LogP contribution in [-0.4, -0.2) is 52.9 Å². The Morgan fingerprint density at radius 3 is 2.27 bits per heavy atom. The number of benzene rings is 1. The molecule has 0 unspecified atom stereocenters. The number of nitrogens with zero attached hydrogens (tertiary/aromatic N) is 2. The molecular formula is C25H35N3O5. The highest BCUT2D eigenvalue weighted by atomic mass is 16.6. The number of nitrogens with one attached hydrogen (secondary N) is 1. The molecule has 1 aliphatic heterocycles. The largest absolute Gasteiger partial charge is 0.460 e. The number of likely N-dealkylation sites (N-methyl/N-ethyl adjacent to an activating group) is 1. The van der Waals surface area contributed by atoms with Gasteiger partial charge in [-0.15, -0.1) is 0 Å². The van der Waals surface area contributed by atoms with Crippen molar-refractivity contribution in [3.8, 4) is 0 Å². The molecule has 0 radical (unpaired) electrons. The van der Waals surface area contributed by atoms with Crippen LogP contribution in [-0.2, 0) is 19.1 Å². The van der Waals surface area contributed by atoms with Gasteiger partial charge in [-0.1, -0.05) is 56.3 Å². The first-order valence-corrected chi connectivity index (χ1v) is 11.2. The number of allylic oxidation sites excluding steroid dienone is 1. The van der Waals surface area contributed by atoms with Gasteiger partial charge in [-0.3, -0.25) is 19.8 Å². The summed E-state index contributed by atoms with van der Waals surface area (Å²) in [5.74, 6) is -3.03. The molecular weight excluding hydrogens is 422 g/mol. The number of amides is 4. The molecule has 2 atom stereocenters. The molecule has 0 spiro atoms. The summed E-state index contributed by atoms with van der Waals surface area (Å²) in [6.45, 7) is 9.12. The van der Waals surface area contributed by atoms with E-state index in [4.69, 9.17) is 4.74 Å². The average molecular weight is 458 g/mol. The standard InChI is InChI=1S/C25H35N3O5/c1-17(2)15-20(22(30)26-28-21(29)16-27(6)24(28)32)19(23(31)33-25(3,4)5)14-10-13-18-11-8-7-9-12-18/h7-13,17,19-20H,14-16H2,1-6H3,(H,26,30)/t19-,20+/m0/s1. The first kappa shape index (κ1) is 26.1. The Morgan fingerprint density at radius 1 is 1.12 bits per heavy atom. The Hall–Kier alpha value is -3.16. The predicted octanol–water partition coefficient (Wildman–Crippen LogP) is 3.64. The van der Waals surface area contributed by atoms with Crippen molar-refractivity contribution in [2.75, 3.05) is 13.6 Å². The number of urea groups is 1. The van der Waals surface area contributed by atoms with Crippen molar-refractivity contribution in [1.29, 1.82) is 0 Å². The van der Waals surface area contributed by atoms with E-state index in [1.807, 2.05) is 56.3 Å². The number of hydrazine groups is 1. The molecule has 1 N–H and O–H groups in total. The maximum Gasteiger partial charge on any atom is 0.346 e. The summed E-state index contributed by atoms with van der Waals surface area (Å²) < 4.78 is 5.64. The lowest BCUT2D eigenvalue weighted by atomic mass is 9.82. The third-order valence-corrected chi connectivity index (χ3v) is 5.12. The zero-order valence-corrected chi connectivity index (χ0v) is 20.3. The maximum atomic E-state index is 13.3. The third kappa shape index (κ3) is 7.73. The van der Waals surface area contributed by atoms with E-state index in [0.717, 1.165) is 10.6 Å². The first-order valence-electron chi connectivity index (χ1n) is 11.2. The molecule has 1 aliphatic rings. The smallest absolute Gasteiger partial charge is 0.346 e. The Labute approximate surface area is 195 Å². The number of rotatable bonds is 9. The minimum absolute atomic E-state index is 0.0939. The van der Waals surface area contributed by atoms with Crippen LogP contribution in [0.3, 0.4) is 0 Å². The van der Waals surface area contributed by atoms with E-state index >= 15 is 0 Å². The zero-order chi connectivity index (χ0) is 24.8. The van der Waals surface area contributed by atoms with Crippen molar-refractivity contribution in [2.24, 2.45) is 17.8 Å². The van der Waals surface area contributed by atoms with Crippen LogP contribution >= 0.6 is 0 Å². The molecule has 0 aliphatic carbocycles. The van der Waals surface area contributed by atoms with Crippen molar-refractivity contribution in [3.63, 3.8) is 0 Å². The van der Waals surface area contributed by atoms with E-state index in [2.05, 4.69) is 5.43 Å². The van der Waals surface area contributed by atoms with Crippen LogP contribution in [0.25, 0.3) is 6.08 Å². The Kier molecular flexibility index (Phi) is 8.79. The molecule has 180 valence electrons. The molecule has 8 nitrogen and oxygen atoms in total. The van der Waals surface area contributed by atoms with Crippen molar-refractivity contribution < 1.29 is 23.9 Å². The summed E-state index contributed by atoms with van der Waals surface area (Å²) in [4.78, 5) is 52.0. The fourth-order valence-electron chi connectivity index (χ4n) is 3.60. The van der Waals surface area contributed by atoms with E-state index in [0.29, 0.717) is 6.42 Å². The molecule has 2 rings (SSSR count). The van der Waals surface area contributed by atoms with Crippen LogP contribution in [0.15, 0.2) is 36.4 Å². The lowest BCUT2D eigenvalue weighted by Crippen LogP contribution is -2.51. The summed E-state index contributed by atoms with van der Waals surface area (Å²) in [5, 5.41) is 0.724. The highest BCUT2D eigenvalue weighted by Gasteiger charge is 2.40. The minimum Gasteiger partial charge on any atom is -0.460 e. The van der Waals surface area contributed by atoms with Gasteiger partial charge in [0.1, 0.15) is 12.1 Å². The van der Waals surface area contributed by atoms with Gasteiger partial charge in [0, 0.05) is 7.05 Å². The summed E-state index contributed by atoms with van der Waals surface area (Å²) in [6, 6.07) is 9.04. The number of imide groups is 1. The zero-order valence-electron chi connectivity index (χ0n) is 20.3. The molecule has 4 amide bonds. The number of hydrogen-bond acceptors (Lipinski definition) is 5. The van der Waals surface area contributed by atoms with Gasteiger partial charge in [0.05, 0.1) is 11.8 Å². The topological polar surface area (TPSA) is 96.0 Å². The highest BCUT2D eigenvalue weighted by molar-refractivity contribution is 6.03. The van der Waals surface area contributed by atoms with Crippen molar-refractivity contribution >= 4 is 29.9 Å². The molecule has 1 aromatic carbocycles. The summed E-state index contributed by atoms with van der Waals surface area (Å²) in [5.41, 5.74) is 2.69. The van der Waals surface area contributed by atoms with Gasteiger partial charge in [0.15, 0.2) is 0 Å². The number of hydrogen-bond donors (Lipinski definition) is 1. The van der Waals surface area contributed by atoms with E-state index in [1.54, 1.807) is 20.8 Å². The first-order chi connectivity index (χ1) is 15.4. The fraction of sp³-hybridized carbons (Fsp3) is 0.520. The van der Waals surface area contributed by atoms with Gasteiger partial charge in [-0.25, -0.2) is 4.79 Å². The molecule has 1 aromatic rings. The molecule has 1 saturated heterocycles. The summed E-state index contributed by atoms with van der Waals surface area (Å²) in [7, 11) is 1.48. The van der Waals surface area contributed by atoms with E-state index < -0.39 is 41.3 Å². The number of esters is 1. The second kappa shape index (κ2) is 11.1. The normalized spacial score (nSPS) is 16.5. The third-order valence-electron chi connectivity index (χ3n) is 5.12. The van der Waals surface area contributed by atoms with E-state index in [-0.39, 0.29) is 18.9 Å². The van der Waals surface area contributed by atoms with Crippen molar-refractivity contribution in [3.05, 3.63) is 42.0 Å². The van der Waals surface area contributed by atoms with E-state index in [9.17, 15) is 19.2 Å². The molecule has 33 heavy (non-hydrogen) atoms. The van der Waals surface area contributed by atoms with Gasteiger partial charge in [-0.2, -0.15) is 5.01 Å². The van der Waals surface area contributed by atoms with Crippen molar-refractivity contribution in [1.82, 2.24) is 15.3 Å². The van der Waals surface area contributed by atoms with Crippen LogP contribution in [0.4, 0.5) is 4.79 Å². The Bertz CT molecular complexity index is 889. The SMILES string of the molecule is CC(C)C[C@@H](C(=O)NN1C(=O)CN(C)C1=O)[C@H](CC=Cc1ccccc1)C(=O)OC(C)(C)C. The lowest BCUT2D eigenvalue weighted by molar-refractivity contribution is -0.164.